The first-order valence-corrected chi connectivity index (χ1v) is 12.0. The molecule has 0 spiro atoms. The van der Waals surface area contributed by atoms with Crippen molar-refractivity contribution in [3.8, 4) is 17.2 Å². The van der Waals surface area contributed by atoms with E-state index in [0.29, 0.717) is 43.2 Å². The molecule has 2 aromatic rings. The lowest BCUT2D eigenvalue weighted by molar-refractivity contribution is -0.126. The van der Waals surface area contributed by atoms with Crippen molar-refractivity contribution < 1.29 is 27.4 Å². The third-order valence-corrected chi connectivity index (χ3v) is 7.38. The third kappa shape index (κ3) is 5.34. The summed E-state index contributed by atoms with van der Waals surface area (Å²) in [6.07, 6.45) is 1.25. The number of carbonyl (C=O) groups is 1. The molecular formula is C23H30N2O6S. The summed E-state index contributed by atoms with van der Waals surface area (Å²) in [7, 11) is -0.570. The van der Waals surface area contributed by atoms with Crippen LogP contribution in [0.1, 0.15) is 25.3 Å². The molecular weight excluding hydrogens is 432 g/mol. The molecule has 1 fully saturated rings. The summed E-state index contributed by atoms with van der Waals surface area (Å²) in [5.74, 6) is 1.24. The molecule has 0 saturated carbocycles. The number of rotatable bonds is 9. The summed E-state index contributed by atoms with van der Waals surface area (Å²) in [4.78, 5) is 13.1. The van der Waals surface area contributed by atoms with Gasteiger partial charge in [-0.15, -0.1) is 0 Å². The molecule has 8 nitrogen and oxygen atoms in total. The molecule has 1 aliphatic rings. The molecule has 1 aliphatic heterocycles. The normalized spacial score (nSPS) is 16.9. The van der Waals surface area contributed by atoms with Crippen LogP contribution in [0.25, 0.3) is 0 Å². The minimum Gasteiger partial charge on any atom is -0.496 e. The Bertz CT molecular complexity index is 1000. The fourth-order valence-electron chi connectivity index (χ4n) is 3.82. The molecule has 32 heavy (non-hydrogen) atoms. The highest BCUT2D eigenvalue weighted by Gasteiger charge is 2.33. The second-order valence-electron chi connectivity index (χ2n) is 7.47. The first kappa shape index (κ1) is 23.9. The van der Waals surface area contributed by atoms with Crippen molar-refractivity contribution in [2.45, 2.75) is 31.2 Å². The molecule has 0 bridgehead atoms. The van der Waals surface area contributed by atoms with Crippen molar-refractivity contribution in [2.24, 2.45) is 5.92 Å². The van der Waals surface area contributed by atoms with E-state index in [4.69, 9.17) is 14.2 Å². The summed E-state index contributed by atoms with van der Waals surface area (Å²) in [5.41, 5.74) is 0.737. The molecule has 3 rings (SSSR count). The number of piperidine rings is 1. The predicted molar refractivity (Wildman–Crippen MR) is 120 cm³/mol. The van der Waals surface area contributed by atoms with E-state index < -0.39 is 15.9 Å². The molecule has 174 valence electrons. The van der Waals surface area contributed by atoms with Crippen molar-refractivity contribution in [3.05, 3.63) is 48.0 Å². The summed E-state index contributed by atoms with van der Waals surface area (Å²) >= 11 is 0. The highest BCUT2D eigenvalue weighted by atomic mass is 32.2. The van der Waals surface area contributed by atoms with Gasteiger partial charge in [-0.05, 0) is 56.2 Å². The van der Waals surface area contributed by atoms with E-state index in [1.54, 1.807) is 38.5 Å². The second-order valence-corrected chi connectivity index (χ2v) is 9.40. The van der Waals surface area contributed by atoms with E-state index in [-0.39, 0.29) is 23.9 Å². The van der Waals surface area contributed by atoms with Crippen LogP contribution in [0.15, 0.2) is 47.4 Å². The molecule has 0 aromatic heterocycles. The number of nitrogens with one attached hydrogen (secondary N) is 1. The maximum atomic E-state index is 13.1. The predicted octanol–water partition coefficient (Wildman–Crippen LogP) is 2.82. The summed E-state index contributed by atoms with van der Waals surface area (Å²) in [6, 6.07) is 11.8. The summed E-state index contributed by atoms with van der Waals surface area (Å²) < 4.78 is 43.7. The van der Waals surface area contributed by atoms with Gasteiger partial charge in [0.15, 0.2) is 0 Å². The summed E-state index contributed by atoms with van der Waals surface area (Å²) in [6.45, 7) is 3.14. The maximum Gasteiger partial charge on any atom is 0.243 e. The lowest BCUT2D eigenvalue weighted by Crippen LogP contribution is -2.45. The number of nitrogens with zero attached hydrogens (tertiary/aromatic N) is 1. The van der Waals surface area contributed by atoms with Gasteiger partial charge in [0.2, 0.25) is 15.9 Å². The van der Waals surface area contributed by atoms with Crippen LogP contribution in [0.2, 0.25) is 0 Å². The molecule has 1 saturated heterocycles. The molecule has 1 atom stereocenters. The first-order valence-electron chi connectivity index (χ1n) is 10.6. The van der Waals surface area contributed by atoms with Gasteiger partial charge in [-0.1, -0.05) is 6.07 Å². The molecule has 1 N–H and O–H groups in total. The second kappa shape index (κ2) is 10.7. The SMILES string of the molecule is CCOc1ccc(S(=O)(=O)N2CCC[C@H](C(=O)NCc3c(OC)cccc3OC)C2)cc1. The Labute approximate surface area is 189 Å². The number of amides is 1. The van der Waals surface area contributed by atoms with Crippen LogP contribution in [-0.4, -0.2) is 52.5 Å². The average Bonchev–Trinajstić information content (AvgIpc) is 2.82. The van der Waals surface area contributed by atoms with Gasteiger partial charge in [-0.25, -0.2) is 8.42 Å². The zero-order valence-corrected chi connectivity index (χ0v) is 19.5. The van der Waals surface area contributed by atoms with E-state index in [2.05, 4.69) is 5.32 Å². The third-order valence-electron chi connectivity index (χ3n) is 5.50. The van der Waals surface area contributed by atoms with Crippen LogP contribution in [0, 0.1) is 5.92 Å². The van der Waals surface area contributed by atoms with Gasteiger partial charge in [0, 0.05) is 13.1 Å². The Morgan fingerprint density at radius 3 is 2.34 bits per heavy atom. The maximum absolute atomic E-state index is 13.1. The lowest BCUT2D eigenvalue weighted by Gasteiger charge is -2.31. The quantitative estimate of drug-likeness (QED) is 0.616. The Kier molecular flexibility index (Phi) is 7.98. The monoisotopic (exact) mass is 462 g/mol. The Morgan fingerprint density at radius 1 is 1.09 bits per heavy atom. The van der Waals surface area contributed by atoms with Crippen LogP contribution in [0.4, 0.5) is 0 Å². The van der Waals surface area contributed by atoms with Crippen molar-refractivity contribution >= 4 is 15.9 Å². The molecule has 1 heterocycles. The lowest BCUT2D eigenvalue weighted by atomic mass is 9.98. The fourth-order valence-corrected chi connectivity index (χ4v) is 5.34. The van der Waals surface area contributed by atoms with Gasteiger partial charge in [-0.3, -0.25) is 4.79 Å². The number of ether oxygens (including phenoxy) is 3. The molecule has 2 aromatic carbocycles. The molecule has 9 heteroatoms. The summed E-state index contributed by atoms with van der Waals surface area (Å²) in [5, 5.41) is 2.91. The Hall–Kier alpha value is -2.78. The average molecular weight is 463 g/mol. The van der Waals surface area contributed by atoms with Crippen molar-refractivity contribution in [2.75, 3.05) is 33.9 Å². The van der Waals surface area contributed by atoms with E-state index >= 15 is 0 Å². The highest BCUT2D eigenvalue weighted by Crippen LogP contribution is 2.29. The van der Waals surface area contributed by atoms with Crippen LogP contribution in [0.3, 0.4) is 0 Å². The Balaban J connectivity index is 1.67. The van der Waals surface area contributed by atoms with Crippen LogP contribution >= 0.6 is 0 Å². The van der Waals surface area contributed by atoms with E-state index in [9.17, 15) is 13.2 Å². The van der Waals surface area contributed by atoms with Crippen LogP contribution < -0.4 is 19.5 Å². The van der Waals surface area contributed by atoms with E-state index in [0.717, 1.165) is 5.56 Å². The Morgan fingerprint density at radius 2 is 1.75 bits per heavy atom. The van der Waals surface area contributed by atoms with Gasteiger partial charge in [0.05, 0.1) is 43.7 Å². The number of methoxy groups -OCH3 is 2. The van der Waals surface area contributed by atoms with E-state index in [1.807, 2.05) is 13.0 Å². The highest BCUT2D eigenvalue weighted by molar-refractivity contribution is 7.89. The molecule has 1 amide bonds. The minimum absolute atomic E-state index is 0.143. The fraction of sp³-hybridized carbons (Fsp3) is 0.435. The molecule has 0 unspecified atom stereocenters. The van der Waals surface area contributed by atoms with Crippen molar-refractivity contribution in [3.63, 3.8) is 0 Å². The standard InChI is InChI=1S/C23H30N2O6S/c1-4-31-18-10-12-19(13-11-18)32(27,28)25-14-6-7-17(16-25)23(26)24-15-20-21(29-2)8-5-9-22(20)30-3/h5,8-13,17H,4,6-7,14-16H2,1-3H3,(H,24,26)/t17-/m0/s1. The number of hydrogen-bond acceptors (Lipinski definition) is 6. The van der Waals surface area contributed by atoms with Gasteiger partial charge in [0.25, 0.3) is 0 Å². The topological polar surface area (TPSA) is 94.2 Å². The van der Waals surface area contributed by atoms with Crippen molar-refractivity contribution in [1.82, 2.24) is 9.62 Å². The molecule has 0 radical (unpaired) electrons. The van der Waals surface area contributed by atoms with Gasteiger partial charge in [-0.2, -0.15) is 4.31 Å². The number of carbonyl (C=O) groups excluding carboxylic acids is 1. The zero-order chi connectivity index (χ0) is 23.1. The van der Waals surface area contributed by atoms with Gasteiger partial charge >= 0.3 is 0 Å². The zero-order valence-electron chi connectivity index (χ0n) is 18.7. The van der Waals surface area contributed by atoms with Crippen molar-refractivity contribution in [1.29, 1.82) is 0 Å². The van der Waals surface area contributed by atoms with Gasteiger partial charge < -0.3 is 19.5 Å². The first-order chi connectivity index (χ1) is 15.4. The van der Waals surface area contributed by atoms with E-state index in [1.165, 1.54) is 16.4 Å². The number of hydrogen-bond donors (Lipinski definition) is 1. The molecule has 0 aliphatic carbocycles. The van der Waals surface area contributed by atoms with Crippen LogP contribution in [-0.2, 0) is 21.4 Å². The van der Waals surface area contributed by atoms with Crippen LogP contribution in [0.5, 0.6) is 17.2 Å². The number of benzene rings is 2. The number of sulfonamides is 1. The smallest absolute Gasteiger partial charge is 0.243 e. The minimum atomic E-state index is -3.69. The largest absolute Gasteiger partial charge is 0.496 e. The van der Waals surface area contributed by atoms with Gasteiger partial charge in [0.1, 0.15) is 17.2 Å².